The van der Waals surface area contributed by atoms with Gasteiger partial charge in [-0.25, -0.2) is 0 Å². The zero-order valence-electron chi connectivity index (χ0n) is 16.5. The second kappa shape index (κ2) is 8.91. The number of likely N-dealkylation sites (N-methyl/N-ethyl adjacent to an activating group) is 1. The van der Waals surface area contributed by atoms with Crippen LogP contribution in [0.1, 0.15) is 28.4 Å². The number of nitrogens with one attached hydrogen (secondary N) is 1. The Morgan fingerprint density at radius 2 is 1.78 bits per heavy atom. The number of rotatable bonds is 6. The van der Waals surface area contributed by atoms with Gasteiger partial charge in [-0.3, -0.25) is 4.79 Å². The van der Waals surface area contributed by atoms with E-state index in [1.54, 1.807) is 0 Å². The van der Waals surface area contributed by atoms with Crippen LogP contribution < -0.4 is 15.0 Å². The molecule has 0 radical (unpaired) electrons. The quantitative estimate of drug-likeness (QED) is 0.852. The van der Waals surface area contributed by atoms with Crippen molar-refractivity contribution in [2.24, 2.45) is 0 Å². The van der Waals surface area contributed by atoms with E-state index in [2.05, 4.69) is 46.4 Å². The van der Waals surface area contributed by atoms with Crippen molar-refractivity contribution in [1.82, 2.24) is 10.2 Å². The lowest BCUT2D eigenvalue weighted by molar-refractivity contribution is 0.0951. The first-order chi connectivity index (χ1) is 13.1. The van der Waals surface area contributed by atoms with E-state index >= 15 is 0 Å². The molecule has 0 bridgehead atoms. The highest BCUT2D eigenvalue weighted by molar-refractivity contribution is 5.94. The van der Waals surface area contributed by atoms with E-state index in [0.717, 1.165) is 43.1 Å². The molecular formula is C22H29N3O2. The lowest BCUT2D eigenvalue weighted by Gasteiger charge is -2.34. The van der Waals surface area contributed by atoms with Crippen LogP contribution in [-0.2, 0) is 6.54 Å². The molecule has 1 amide bonds. The van der Waals surface area contributed by atoms with Crippen molar-refractivity contribution in [3.8, 4) is 5.75 Å². The van der Waals surface area contributed by atoms with Gasteiger partial charge in [-0.1, -0.05) is 12.1 Å². The molecule has 1 aliphatic heterocycles. The fourth-order valence-electron chi connectivity index (χ4n) is 3.28. The summed E-state index contributed by atoms with van der Waals surface area (Å²) in [6.07, 6.45) is 0. The van der Waals surface area contributed by atoms with Crippen LogP contribution in [0.15, 0.2) is 42.5 Å². The molecule has 144 valence electrons. The summed E-state index contributed by atoms with van der Waals surface area (Å²) in [6.45, 7) is 9.37. The Kier molecular flexibility index (Phi) is 6.35. The summed E-state index contributed by atoms with van der Waals surface area (Å²) in [4.78, 5) is 17.2. The smallest absolute Gasteiger partial charge is 0.251 e. The number of benzene rings is 2. The van der Waals surface area contributed by atoms with E-state index in [4.69, 9.17) is 4.74 Å². The summed E-state index contributed by atoms with van der Waals surface area (Å²) in [5, 5.41) is 3.00. The lowest BCUT2D eigenvalue weighted by atomic mass is 10.1. The predicted octanol–water partition coefficient (Wildman–Crippen LogP) is 3.08. The van der Waals surface area contributed by atoms with Gasteiger partial charge in [0.1, 0.15) is 5.75 Å². The Morgan fingerprint density at radius 1 is 1.07 bits per heavy atom. The highest BCUT2D eigenvalue weighted by atomic mass is 16.5. The van der Waals surface area contributed by atoms with E-state index < -0.39 is 0 Å². The molecule has 1 N–H and O–H groups in total. The van der Waals surface area contributed by atoms with Gasteiger partial charge in [0.2, 0.25) is 0 Å². The first kappa shape index (κ1) is 19.2. The van der Waals surface area contributed by atoms with Gasteiger partial charge in [-0.05, 0) is 62.4 Å². The topological polar surface area (TPSA) is 44.8 Å². The van der Waals surface area contributed by atoms with Crippen LogP contribution in [0.25, 0.3) is 0 Å². The average Bonchev–Trinajstić information content (AvgIpc) is 2.69. The summed E-state index contributed by atoms with van der Waals surface area (Å²) in [5.41, 5.74) is 3.98. The molecule has 1 aliphatic rings. The Labute approximate surface area is 161 Å². The molecule has 0 atom stereocenters. The molecule has 1 saturated heterocycles. The maximum absolute atomic E-state index is 12.4. The number of ether oxygens (including phenoxy) is 1. The van der Waals surface area contributed by atoms with Crippen LogP contribution in [0, 0.1) is 6.92 Å². The number of nitrogens with zero attached hydrogens (tertiary/aromatic N) is 2. The summed E-state index contributed by atoms with van der Waals surface area (Å²) in [7, 11) is 2.16. The molecule has 5 nitrogen and oxygen atoms in total. The molecule has 27 heavy (non-hydrogen) atoms. The molecule has 0 saturated carbocycles. The largest absolute Gasteiger partial charge is 0.494 e. The first-order valence-electron chi connectivity index (χ1n) is 9.61. The van der Waals surface area contributed by atoms with Crippen LogP contribution in [0.3, 0.4) is 0 Å². The minimum atomic E-state index is -0.0655. The Balaban J connectivity index is 1.55. The van der Waals surface area contributed by atoms with Crippen molar-refractivity contribution in [2.45, 2.75) is 20.4 Å². The third kappa shape index (κ3) is 5.01. The van der Waals surface area contributed by atoms with Crippen molar-refractivity contribution in [3.05, 3.63) is 59.2 Å². The van der Waals surface area contributed by atoms with Crippen molar-refractivity contribution in [1.29, 1.82) is 0 Å². The number of amides is 1. The zero-order valence-corrected chi connectivity index (χ0v) is 16.5. The van der Waals surface area contributed by atoms with E-state index in [1.165, 1.54) is 5.69 Å². The SMILES string of the molecule is CCOc1ccc(C(=O)NCc2ccc(N3CCN(C)CC3)cc2)cc1C. The zero-order chi connectivity index (χ0) is 19.2. The van der Waals surface area contributed by atoms with Crippen LogP contribution >= 0.6 is 0 Å². The number of hydrogen-bond donors (Lipinski definition) is 1. The minimum Gasteiger partial charge on any atom is -0.494 e. The van der Waals surface area contributed by atoms with Crippen LogP contribution in [0.5, 0.6) is 5.75 Å². The predicted molar refractivity (Wildman–Crippen MR) is 110 cm³/mol. The van der Waals surface area contributed by atoms with Crippen molar-refractivity contribution in [3.63, 3.8) is 0 Å². The molecule has 0 aliphatic carbocycles. The van der Waals surface area contributed by atoms with E-state index in [0.29, 0.717) is 18.7 Å². The third-order valence-electron chi connectivity index (χ3n) is 4.99. The van der Waals surface area contributed by atoms with E-state index in [-0.39, 0.29) is 5.91 Å². The molecule has 2 aromatic carbocycles. The fourth-order valence-corrected chi connectivity index (χ4v) is 3.28. The number of carbonyl (C=O) groups excluding carboxylic acids is 1. The molecule has 1 heterocycles. The van der Waals surface area contributed by atoms with Crippen molar-refractivity contribution >= 4 is 11.6 Å². The second-order valence-corrected chi connectivity index (χ2v) is 7.05. The lowest BCUT2D eigenvalue weighted by Crippen LogP contribution is -2.44. The van der Waals surface area contributed by atoms with Gasteiger partial charge in [0, 0.05) is 44.0 Å². The third-order valence-corrected chi connectivity index (χ3v) is 4.99. The Bertz CT molecular complexity index is 766. The number of aryl methyl sites for hydroxylation is 1. The maximum Gasteiger partial charge on any atom is 0.251 e. The number of piperazine rings is 1. The standard InChI is InChI=1S/C22H29N3O2/c1-4-27-21-10-7-19(15-17(21)2)22(26)23-16-18-5-8-20(9-6-18)25-13-11-24(3)12-14-25/h5-10,15H,4,11-14,16H2,1-3H3,(H,23,26). The fraction of sp³-hybridized carbons (Fsp3) is 0.409. The summed E-state index contributed by atoms with van der Waals surface area (Å²) >= 11 is 0. The first-order valence-corrected chi connectivity index (χ1v) is 9.61. The maximum atomic E-state index is 12.4. The van der Waals surface area contributed by atoms with E-state index in [1.807, 2.05) is 32.0 Å². The molecule has 1 fully saturated rings. The van der Waals surface area contributed by atoms with E-state index in [9.17, 15) is 4.79 Å². The summed E-state index contributed by atoms with van der Waals surface area (Å²) in [5.74, 6) is 0.762. The van der Waals surface area contributed by atoms with Crippen LogP contribution in [0.4, 0.5) is 5.69 Å². The molecule has 0 unspecified atom stereocenters. The molecule has 2 aromatic rings. The van der Waals surface area contributed by atoms with Crippen LogP contribution in [-0.4, -0.2) is 50.6 Å². The van der Waals surface area contributed by atoms with Crippen molar-refractivity contribution < 1.29 is 9.53 Å². The monoisotopic (exact) mass is 367 g/mol. The molecule has 0 spiro atoms. The Morgan fingerprint density at radius 3 is 2.41 bits per heavy atom. The van der Waals surface area contributed by atoms with Gasteiger partial charge in [-0.15, -0.1) is 0 Å². The minimum absolute atomic E-state index is 0.0655. The van der Waals surface area contributed by atoms with Gasteiger partial charge in [-0.2, -0.15) is 0 Å². The number of hydrogen-bond acceptors (Lipinski definition) is 4. The molecule has 5 heteroatoms. The van der Waals surface area contributed by atoms with Crippen LogP contribution in [0.2, 0.25) is 0 Å². The van der Waals surface area contributed by atoms with Gasteiger partial charge < -0.3 is 19.9 Å². The molecular weight excluding hydrogens is 338 g/mol. The highest BCUT2D eigenvalue weighted by Gasteiger charge is 2.14. The normalized spacial score (nSPS) is 14.9. The summed E-state index contributed by atoms with van der Waals surface area (Å²) in [6, 6.07) is 14.0. The van der Waals surface area contributed by atoms with Gasteiger partial charge >= 0.3 is 0 Å². The van der Waals surface area contributed by atoms with Gasteiger partial charge in [0.25, 0.3) is 5.91 Å². The van der Waals surface area contributed by atoms with Gasteiger partial charge in [0.05, 0.1) is 6.61 Å². The summed E-state index contributed by atoms with van der Waals surface area (Å²) < 4.78 is 5.53. The second-order valence-electron chi connectivity index (χ2n) is 7.05. The van der Waals surface area contributed by atoms with Gasteiger partial charge in [0.15, 0.2) is 0 Å². The highest BCUT2D eigenvalue weighted by Crippen LogP contribution is 2.20. The number of anilines is 1. The van der Waals surface area contributed by atoms with Crippen molar-refractivity contribution in [2.75, 3.05) is 44.7 Å². The molecule has 0 aromatic heterocycles. The molecule has 3 rings (SSSR count). The average molecular weight is 367 g/mol. The Hall–Kier alpha value is -2.53. The number of carbonyl (C=O) groups is 1.